The average molecular weight is 412 g/mol. The van der Waals surface area contributed by atoms with Gasteiger partial charge in [-0.3, -0.25) is 0 Å². The molecule has 2 aliphatic carbocycles. The first-order chi connectivity index (χ1) is 11.5. The zero-order chi connectivity index (χ0) is 18.8. The van der Waals surface area contributed by atoms with Gasteiger partial charge in [0.15, 0.2) is 0 Å². The highest BCUT2D eigenvalue weighted by Crippen LogP contribution is 2.44. The molecule has 3 nitrogen and oxygen atoms in total. The molecule has 0 radical (unpaired) electrons. The van der Waals surface area contributed by atoms with Crippen molar-refractivity contribution in [3.05, 3.63) is 12.2 Å². The second-order valence-corrected chi connectivity index (χ2v) is 9.27. The van der Waals surface area contributed by atoms with Gasteiger partial charge in [-0.25, -0.2) is 4.21 Å². The van der Waals surface area contributed by atoms with Crippen LogP contribution in [0.25, 0.3) is 0 Å². The summed E-state index contributed by atoms with van der Waals surface area (Å²) in [4.78, 5) is 0. The van der Waals surface area contributed by atoms with Gasteiger partial charge in [0, 0.05) is 12.5 Å². The standard InChI is InChI=1S/C14H18F6O3S2/c15-13(16,17)24-12(25(22)14(18,19)20)11(5-21)7-23-6-10-4-8-1-2-9(10)3-8/h1-2,8-12,21H,3-7H2. The van der Waals surface area contributed by atoms with Crippen LogP contribution in [0.5, 0.6) is 0 Å². The van der Waals surface area contributed by atoms with E-state index in [2.05, 4.69) is 6.08 Å². The maximum Gasteiger partial charge on any atom is 0.472 e. The number of rotatable bonds is 8. The molecule has 1 saturated carbocycles. The van der Waals surface area contributed by atoms with E-state index in [-0.39, 0.29) is 12.5 Å². The molecule has 2 aliphatic rings. The summed E-state index contributed by atoms with van der Waals surface area (Å²) in [6.07, 6.45) is 6.01. The smallest absolute Gasteiger partial charge is 0.396 e. The zero-order valence-electron chi connectivity index (χ0n) is 12.9. The monoisotopic (exact) mass is 412 g/mol. The van der Waals surface area contributed by atoms with E-state index in [4.69, 9.17) is 4.74 Å². The minimum Gasteiger partial charge on any atom is -0.396 e. The number of thioether (sulfide) groups is 1. The molecule has 0 aromatic carbocycles. The second kappa shape index (κ2) is 8.18. The Labute approximate surface area is 147 Å². The van der Waals surface area contributed by atoms with Crippen molar-refractivity contribution < 1.29 is 40.4 Å². The molecule has 1 fully saturated rings. The molecule has 2 rings (SSSR count). The van der Waals surface area contributed by atoms with Gasteiger partial charge in [-0.15, -0.1) is 0 Å². The van der Waals surface area contributed by atoms with E-state index >= 15 is 0 Å². The van der Waals surface area contributed by atoms with Crippen LogP contribution in [0.1, 0.15) is 12.8 Å². The Kier molecular flexibility index (Phi) is 6.89. The molecular weight excluding hydrogens is 394 g/mol. The normalized spacial score (nSPS) is 29.8. The van der Waals surface area contributed by atoms with Crippen LogP contribution in [0.2, 0.25) is 0 Å². The van der Waals surface area contributed by atoms with Crippen molar-refractivity contribution in [3.8, 4) is 0 Å². The van der Waals surface area contributed by atoms with Crippen molar-refractivity contribution in [2.45, 2.75) is 28.4 Å². The molecule has 0 aromatic heterocycles. The van der Waals surface area contributed by atoms with Crippen molar-refractivity contribution in [3.63, 3.8) is 0 Å². The number of allylic oxidation sites excluding steroid dienone is 2. The fraction of sp³-hybridized carbons (Fsp3) is 0.857. The van der Waals surface area contributed by atoms with Gasteiger partial charge < -0.3 is 9.84 Å². The van der Waals surface area contributed by atoms with Crippen LogP contribution >= 0.6 is 11.8 Å². The Morgan fingerprint density at radius 3 is 2.32 bits per heavy atom. The molecule has 0 spiro atoms. The first-order valence-corrected chi connectivity index (χ1v) is 9.69. The van der Waals surface area contributed by atoms with E-state index in [1.165, 1.54) is 0 Å². The highest BCUT2D eigenvalue weighted by atomic mass is 32.2. The Balaban J connectivity index is 1.95. The molecule has 146 valence electrons. The lowest BCUT2D eigenvalue weighted by Crippen LogP contribution is -2.38. The van der Waals surface area contributed by atoms with E-state index in [1.54, 1.807) is 0 Å². The predicted molar refractivity (Wildman–Crippen MR) is 81.9 cm³/mol. The lowest BCUT2D eigenvalue weighted by Gasteiger charge is -2.27. The molecule has 6 atom stereocenters. The number of aliphatic hydroxyl groups excluding tert-OH is 1. The van der Waals surface area contributed by atoms with Crippen molar-refractivity contribution in [1.82, 2.24) is 0 Å². The number of halogens is 6. The van der Waals surface area contributed by atoms with Crippen molar-refractivity contribution in [1.29, 1.82) is 0 Å². The second-order valence-electron chi connectivity index (χ2n) is 6.20. The van der Waals surface area contributed by atoms with Crippen molar-refractivity contribution in [2.75, 3.05) is 19.8 Å². The third-order valence-electron chi connectivity index (χ3n) is 4.39. The Hall–Kier alpha value is -0.260. The number of fused-ring (bicyclic) bond motifs is 2. The highest BCUT2D eigenvalue weighted by molar-refractivity contribution is 8.12. The van der Waals surface area contributed by atoms with E-state index < -0.39 is 57.3 Å². The topological polar surface area (TPSA) is 46.5 Å². The fourth-order valence-electron chi connectivity index (χ4n) is 3.25. The molecule has 6 unspecified atom stereocenters. The summed E-state index contributed by atoms with van der Waals surface area (Å²) in [5, 5.41) is 9.23. The zero-order valence-corrected chi connectivity index (χ0v) is 14.6. The molecule has 0 heterocycles. The van der Waals surface area contributed by atoms with Gasteiger partial charge in [0.1, 0.15) is 15.4 Å². The molecule has 0 amide bonds. The lowest BCUT2D eigenvalue weighted by atomic mass is 9.95. The van der Waals surface area contributed by atoms with Crippen molar-refractivity contribution >= 4 is 22.6 Å². The summed E-state index contributed by atoms with van der Waals surface area (Å²) in [6.45, 7) is -1.29. The Bertz CT molecular complexity index is 508. The molecule has 2 bridgehead atoms. The summed E-state index contributed by atoms with van der Waals surface area (Å²) < 4.78 is 89.9. The van der Waals surface area contributed by atoms with Gasteiger partial charge in [-0.1, -0.05) is 12.2 Å². The summed E-state index contributed by atoms with van der Waals surface area (Å²) in [5.41, 5.74) is -10.3. The maximum atomic E-state index is 12.6. The fourth-order valence-corrected chi connectivity index (χ4v) is 5.65. The van der Waals surface area contributed by atoms with Crippen LogP contribution in [0.4, 0.5) is 26.3 Å². The molecule has 0 saturated heterocycles. The maximum absolute atomic E-state index is 12.6. The molecular formula is C14H18F6O3S2. The SMILES string of the molecule is O=S(C(SC(F)(F)F)C(CO)COCC1CC2C=CC1C2)C(F)(F)F. The van der Waals surface area contributed by atoms with E-state index in [1.807, 2.05) is 6.08 Å². The number of ether oxygens (including phenoxy) is 1. The largest absolute Gasteiger partial charge is 0.472 e. The van der Waals surface area contributed by atoms with Crippen LogP contribution in [0.15, 0.2) is 12.2 Å². The molecule has 25 heavy (non-hydrogen) atoms. The number of hydrogen-bond acceptors (Lipinski definition) is 4. The summed E-state index contributed by atoms with van der Waals surface area (Å²) in [6, 6.07) is 0. The van der Waals surface area contributed by atoms with Gasteiger partial charge in [0.2, 0.25) is 0 Å². The average Bonchev–Trinajstić information content (AvgIpc) is 3.09. The quantitative estimate of drug-likeness (QED) is 0.488. The van der Waals surface area contributed by atoms with E-state index in [0.717, 1.165) is 12.8 Å². The first kappa shape index (κ1) is 21.0. The summed E-state index contributed by atoms with van der Waals surface area (Å²) in [5.74, 6) is -0.583. The van der Waals surface area contributed by atoms with Gasteiger partial charge in [0.25, 0.3) is 0 Å². The number of hydrogen-bond donors (Lipinski definition) is 1. The van der Waals surface area contributed by atoms with Gasteiger partial charge >= 0.3 is 11.0 Å². The van der Waals surface area contributed by atoms with Gasteiger partial charge in [-0.2, -0.15) is 26.3 Å². The van der Waals surface area contributed by atoms with Gasteiger partial charge in [0.05, 0.1) is 13.2 Å². The Morgan fingerprint density at radius 2 is 1.88 bits per heavy atom. The minimum absolute atomic E-state index is 0.177. The molecule has 0 aliphatic heterocycles. The highest BCUT2D eigenvalue weighted by Gasteiger charge is 2.49. The molecule has 0 aromatic rings. The molecule has 1 N–H and O–H groups in total. The van der Waals surface area contributed by atoms with Gasteiger partial charge in [-0.05, 0) is 42.4 Å². The van der Waals surface area contributed by atoms with Crippen LogP contribution in [0, 0.1) is 23.7 Å². The number of aliphatic hydroxyl groups is 1. The van der Waals surface area contributed by atoms with Crippen LogP contribution in [-0.4, -0.2) is 44.7 Å². The van der Waals surface area contributed by atoms with E-state index in [0.29, 0.717) is 11.8 Å². The van der Waals surface area contributed by atoms with Crippen LogP contribution in [-0.2, 0) is 15.5 Å². The Morgan fingerprint density at radius 1 is 1.20 bits per heavy atom. The summed E-state index contributed by atoms with van der Waals surface area (Å²) >= 11 is -1.01. The van der Waals surface area contributed by atoms with Crippen LogP contribution in [0.3, 0.4) is 0 Å². The predicted octanol–water partition coefficient (Wildman–Crippen LogP) is 3.67. The molecule has 11 heteroatoms. The lowest BCUT2D eigenvalue weighted by molar-refractivity contribution is -0.0406. The third kappa shape index (κ3) is 5.86. The number of alkyl halides is 6. The minimum atomic E-state index is -5.30. The van der Waals surface area contributed by atoms with Crippen molar-refractivity contribution in [2.24, 2.45) is 23.7 Å². The summed E-state index contributed by atoms with van der Waals surface area (Å²) in [7, 11) is -3.77. The van der Waals surface area contributed by atoms with Crippen LogP contribution < -0.4 is 0 Å². The first-order valence-electron chi connectivity index (χ1n) is 7.60. The third-order valence-corrected chi connectivity index (χ3v) is 7.35. The van der Waals surface area contributed by atoms with E-state index in [9.17, 15) is 35.7 Å².